The summed E-state index contributed by atoms with van der Waals surface area (Å²) in [4.78, 5) is 46.5. The molecule has 9 heteroatoms. The lowest BCUT2D eigenvalue weighted by Gasteiger charge is -2.25. The highest BCUT2D eigenvalue weighted by atomic mass is 35.5. The molecular weight excluding hydrogens is 398 g/mol. The predicted molar refractivity (Wildman–Crippen MR) is 109 cm³/mol. The molecule has 0 spiro atoms. The number of rotatable bonds is 5. The van der Waals surface area contributed by atoms with E-state index in [2.05, 4.69) is 9.97 Å². The second-order valence-corrected chi connectivity index (χ2v) is 7.58. The Kier molecular flexibility index (Phi) is 7.13. The van der Waals surface area contributed by atoms with Crippen LogP contribution in [0.3, 0.4) is 0 Å². The summed E-state index contributed by atoms with van der Waals surface area (Å²) in [6.45, 7) is 8.84. The SMILES string of the molecule is CCCC(=O)N(C(=O)OC(C)(C)C)c1ccc2cc(C(=O)OCC)c(Cl)nc2n1. The monoisotopic (exact) mass is 421 g/mol. The largest absolute Gasteiger partial charge is 0.462 e. The number of carbonyl (C=O) groups excluding carboxylic acids is 3. The summed E-state index contributed by atoms with van der Waals surface area (Å²) in [6.07, 6.45) is -0.120. The van der Waals surface area contributed by atoms with Gasteiger partial charge in [-0.1, -0.05) is 18.5 Å². The minimum Gasteiger partial charge on any atom is -0.462 e. The quantitative estimate of drug-likeness (QED) is 0.516. The third kappa shape index (κ3) is 5.63. The molecule has 0 radical (unpaired) electrons. The number of halogens is 1. The Bertz CT molecular complexity index is 940. The van der Waals surface area contributed by atoms with Crippen molar-refractivity contribution in [3.8, 4) is 0 Å². The minimum atomic E-state index is -0.822. The number of hydrogen-bond donors (Lipinski definition) is 0. The van der Waals surface area contributed by atoms with E-state index in [1.807, 2.05) is 6.92 Å². The number of nitrogens with zero attached hydrogens (tertiary/aromatic N) is 3. The van der Waals surface area contributed by atoms with Gasteiger partial charge in [-0.3, -0.25) is 4.79 Å². The maximum absolute atomic E-state index is 12.6. The lowest BCUT2D eigenvalue weighted by atomic mass is 10.2. The van der Waals surface area contributed by atoms with Crippen molar-refractivity contribution in [1.29, 1.82) is 0 Å². The fourth-order valence-corrected chi connectivity index (χ4v) is 2.66. The number of carbonyl (C=O) groups is 3. The van der Waals surface area contributed by atoms with Crippen LogP contribution < -0.4 is 4.90 Å². The van der Waals surface area contributed by atoms with Gasteiger partial charge in [0.25, 0.3) is 0 Å². The van der Waals surface area contributed by atoms with Crippen LogP contribution in [0.2, 0.25) is 5.15 Å². The van der Waals surface area contributed by atoms with Gasteiger partial charge < -0.3 is 9.47 Å². The number of pyridine rings is 2. The van der Waals surface area contributed by atoms with Gasteiger partial charge in [0.05, 0.1) is 12.2 Å². The molecule has 0 saturated heterocycles. The molecule has 0 atom stereocenters. The Labute approximate surface area is 174 Å². The van der Waals surface area contributed by atoms with E-state index in [1.165, 1.54) is 12.1 Å². The number of ether oxygens (including phenoxy) is 2. The topological polar surface area (TPSA) is 98.7 Å². The summed E-state index contributed by atoms with van der Waals surface area (Å²) in [6, 6.07) is 4.59. The molecule has 8 nitrogen and oxygen atoms in total. The van der Waals surface area contributed by atoms with Crippen LogP contribution in [-0.2, 0) is 14.3 Å². The van der Waals surface area contributed by atoms with E-state index < -0.39 is 23.6 Å². The van der Waals surface area contributed by atoms with Gasteiger partial charge in [-0.2, -0.15) is 4.90 Å². The highest BCUT2D eigenvalue weighted by molar-refractivity contribution is 6.32. The van der Waals surface area contributed by atoms with Crippen molar-refractivity contribution in [2.24, 2.45) is 0 Å². The molecule has 0 fully saturated rings. The van der Waals surface area contributed by atoms with Crippen LogP contribution in [0.4, 0.5) is 10.6 Å². The molecule has 0 unspecified atom stereocenters. The number of fused-ring (bicyclic) bond motifs is 1. The fraction of sp³-hybridized carbons (Fsp3) is 0.450. The van der Waals surface area contributed by atoms with Crippen molar-refractivity contribution >= 4 is 46.4 Å². The molecule has 2 heterocycles. The minimum absolute atomic E-state index is 0.0673. The van der Waals surface area contributed by atoms with Crippen LogP contribution in [-0.4, -0.2) is 40.1 Å². The van der Waals surface area contributed by atoms with E-state index in [4.69, 9.17) is 21.1 Å². The molecule has 2 aromatic heterocycles. The number of imide groups is 1. The maximum Gasteiger partial charge on any atom is 0.423 e. The van der Waals surface area contributed by atoms with E-state index in [-0.39, 0.29) is 35.2 Å². The molecule has 2 rings (SSSR count). The number of hydrogen-bond acceptors (Lipinski definition) is 7. The molecule has 0 bridgehead atoms. The molecule has 0 aliphatic heterocycles. The smallest absolute Gasteiger partial charge is 0.423 e. The molecule has 29 heavy (non-hydrogen) atoms. The van der Waals surface area contributed by atoms with Crippen molar-refractivity contribution in [2.75, 3.05) is 11.5 Å². The predicted octanol–water partition coefficient (Wildman–Crippen LogP) is 4.53. The fourth-order valence-electron chi connectivity index (χ4n) is 2.45. The second kappa shape index (κ2) is 9.17. The highest BCUT2D eigenvalue weighted by Gasteiger charge is 2.29. The van der Waals surface area contributed by atoms with Crippen LogP contribution >= 0.6 is 11.6 Å². The van der Waals surface area contributed by atoms with E-state index in [0.717, 1.165) is 4.90 Å². The summed E-state index contributed by atoms with van der Waals surface area (Å²) in [5.74, 6) is -0.968. The third-order valence-electron chi connectivity index (χ3n) is 3.63. The van der Waals surface area contributed by atoms with Crippen LogP contribution in [0.5, 0.6) is 0 Å². The van der Waals surface area contributed by atoms with Crippen molar-refractivity contribution in [1.82, 2.24) is 9.97 Å². The summed E-state index contributed by atoms with van der Waals surface area (Å²) in [5.41, 5.74) is -0.491. The molecule has 156 valence electrons. The number of amides is 2. The summed E-state index contributed by atoms with van der Waals surface area (Å²) in [5, 5.41) is 0.428. The molecule has 0 aliphatic rings. The first-order valence-corrected chi connectivity index (χ1v) is 9.65. The third-order valence-corrected chi connectivity index (χ3v) is 3.92. The Morgan fingerprint density at radius 3 is 2.41 bits per heavy atom. The maximum atomic E-state index is 12.6. The summed E-state index contributed by atoms with van der Waals surface area (Å²) >= 11 is 6.10. The number of anilines is 1. The molecule has 0 N–H and O–H groups in total. The van der Waals surface area contributed by atoms with Gasteiger partial charge in [-0.05, 0) is 52.3 Å². The normalized spacial score (nSPS) is 11.2. The van der Waals surface area contributed by atoms with E-state index >= 15 is 0 Å². The zero-order valence-corrected chi connectivity index (χ0v) is 17.9. The van der Waals surface area contributed by atoms with Gasteiger partial charge in [0.1, 0.15) is 16.6 Å². The molecule has 0 saturated carbocycles. The molecular formula is C20H24ClN3O5. The highest BCUT2D eigenvalue weighted by Crippen LogP contribution is 2.24. The van der Waals surface area contributed by atoms with E-state index in [0.29, 0.717) is 11.8 Å². The van der Waals surface area contributed by atoms with Gasteiger partial charge in [0, 0.05) is 11.8 Å². The zero-order chi connectivity index (χ0) is 21.8. The molecule has 0 aliphatic carbocycles. The van der Waals surface area contributed by atoms with Crippen molar-refractivity contribution in [3.05, 3.63) is 28.9 Å². The van der Waals surface area contributed by atoms with Crippen LogP contribution in [0.15, 0.2) is 18.2 Å². The standard InChI is InChI=1S/C20H24ClN3O5/c1-6-8-15(25)24(19(27)29-20(3,4)5)14-10-9-12-11-13(18(26)28-7-2)16(21)23-17(12)22-14/h9-11H,6-8H2,1-5H3. The van der Waals surface area contributed by atoms with Crippen LogP contribution in [0.1, 0.15) is 57.8 Å². The zero-order valence-electron chi connectivity index (χ0n) is 17.1. The Morgan fingerprint density at radius 2 is 1.83 bits per heavy atom. The first-order valence-electron chi connectivity index (χ1n) is 9.27. The van der Waals surface area contributed by atoms with Crippen LogP contribution in [0.25, 0.3) is 11.0 Å². The summed E-state index contributed by atoms with van der Waals surface area (Å²) < 4.78 is 10.3. The first kappa shape index (κ1) is 22.5. The average Bonchev–Trinajstić information content (AvgIpc) is 2.60. The first-order chi connectivity index (χ1) is 13.6. The molecule has 2 amide bonds. The van der Waals surface area contributed by atoms with E-state index in [9.17, 15) is 14.4 Å². The van der Waals surface area contributed by atoms with Crippen molar-refractivity contribution in [2.45, 2.75) is 53.1 Å². The summed E-state index contributed by atoms with van der Waals surface area (Å²) in [7, 11) is 0. The molecule has 0 aromatic carbocycles. The molecule has 2 aromatic rings. The van der Waals surface area contributed by atoms with Crippen molar-refractivity contribution in [3.63, 3.8) is 0 Å². The Morgan fingerprint density at radius 1 is 1.14 bits per heavy atom. The van der Waals surface area contributed by atoms with Crippen LogP contribution in [0, 0.1) is 0 Å². The lowest BCUT2D eigenvalue weighted by Crippen LogP contribution is -2.41. The Hall–Kier alpha value is -2.74. The van der Waals surface area contributed by atoms with Gasteiger partial charge in [0.2, 0.25) is 5.91 Å². The number of esters is 1. The lowest BCUT2D eigenvalue weighted by molar-refractivity contribution is -0.118. The van der Waals surface area contributed by atoms with Gasteiger partial charge in [-0.25, -0.2) is 19.6 Å². The van der Waals surface area contributed by atoms with Gasteiger partial charge in [-0.15, -0.1) is 0 Å². The van der Waals surface area contributed by atoms with Gasteiger partial charge >= 0.3 is 12.1 Å². The Balaban J connectivity index is 2.50. The van der Waals surface area contributed by atoms with E-state index in [1.54, 1.807) is 33.8 Å². The number of aromatic nitrogens is 2. The van der Waals surface area contributed by atoms with Crippen molar-refractivity contribution < 1.29 is 23.9 Å². The average molecular weight is 422 g/mol. The van der Waals surface area contributed by atoms with Gasteiger partial charge in [0.15, 0.2) is 5.65 Å². The second-order valence-electron chi connectivity index (χ2n) is 7.22.